The molecule has 7 rings (SSSR count). The summed E-state index contributed by atoms with van der Waals surface area (Å²) >= 11 is 12.7. The Labute approximate surface area is 227 Å². The second-order valence-corrected chi connectivity index (χ2v) is 12.1. The van der Waals surface area contributed by atoms with Gasteiger partial charge in [0.25, 0.3) is 0 Å². The van der Waals surface area contributed by atoms with Gasteiger partial charge >= 0.3 is 0 Å². The summed E-state index contributed by atoms with van der Waals surface area (Å²) in [6.07, 6.45) is 6.27. The molecule has 2 heterocycles. The Bertz CT molecular complexity index is 1500. The van der Waals surface area contributed by atoms with Crippen LogP contribution >= 0.6 is 23.2 Å². The van der Waals surface area contributed by atoms with Gasteiger partial charge < -0.3 is 9.88 Å². The molecule has 1 spiro atoms. The highest BCUT2D eigenvalue weighted by molar-refractivity contribution is 6.42. The highest BCUT2D eigenvalue weighted by Crippen LogP contribution is 2.72. The normalized spacial score (nSPS) is 22.8. The van der Waals surface area contributed by atoms with Crippen LogP contribution in [0.1, 0.15) is 49.1 Å². The Morgan fingerprint density at radius 2 is 1.73 bits per heavy atom. The Balaban J connectivity index is 1.27. The fourth-order valence-electron chi connectivity index (χ4n) is 6.70. The molecule has 2 aliphatic carbocycles. The van der Waals surface area contributed by atoms with E-state index in [1.807, 2.05) is 30.3 Å². The highest BCUT2D eigenvalue weighted by atomic mass is 35.5. The van der Waals surface area contributed by atoms with E-state index in [1.165, 1.54) is 37.8 Å². The van der Waals surface area contributed by atoms with E-state index in [2.05, 4.69) is 46.3 Å². The van der Waals surface area contributed by atoms with E-state index >= 15 is 0 Å². The number of likely N-dealkylation sites (tertiary alicyclic amines) is 1. The van der Waals surface area contributed by atoms with Crippen LogP contribution in [0.4, 0.5) is 0 Å². The van der Waals surface area contributed by atoms with Crippen LogP contribution < -0.4 is 0 Å². The number of fused-ring (bicyclic) bond motifs is 1. The lowest BCUT2D eigenvalue weighted by Gasteiger charge is -2.35. The minimum absolute atomic E-state index is 0.149. The summed E-state index contributed by atoms with van der Waals surface area (Å²) in [6, 6.07) is 22.7. The van der Waals surface area contributed by atoms with Crippen LogP contribution in [0.15, 0.2) is 60.7 Å². The molecule has 1 aromatic heterocycles. The lowest BCUT2D eigenvalue weighted by atomic mass is 9.79. The highest BCUT2D eigenvalue weighted by Gasteiger charge is 2.70. The number of H-pyrrole nitrogens is 1. The summed E-state index contributed by atoms with van der Waals surface area (Å²) < 4.78 is 0. The maximum absolute atomic E-state index is 9.32. The van der Waals surface area contributed by atoms with Crippen molar-refractivity contribution in [1.82, 2.24) is 14.9 Å². The molecule has 0 bridgehead atoms. The minimum atomic E-state index is -0.149. The molecular formula is C31H28Cl2N4. The first-order valence-corrected chi connectivity index (χ1v) is 13.9. The quantitative estimate of drug-likeness (QED) is 0.291. The van der Waals surface area contributed by atoms with E-state index in [0.717, 1.165) is 53.4 Å². The van der Waals surface area contributed by atoms with Gasteiger partial charge in [-0.2, -0.15) is 5.26 Å². The molecule has 3 fully saturated rings. The number of nitriles is 1. The topological polar surface area (TPSA) is 55.7 Å². The van der Waals surface area contributed by atoms with E-state index in [-0.39, 0.29) is 10.8 Å². The number of piperidine rings is 1. The van der Waals surface area contributed by atoms with Crippen molar-refractivity contribution in [3.63, 3.8) is 0 Å². The molecule has 4 aromatic rings. The molecule has 1 unspecified atom stereocenters. The number of imidazole rings is 1. The van der Waals surface area contributed by atoms with Crippen molar-refractivity contribution in [2.45, 2.75) is 37.5 Å². The number of hydrogen-bond acceptors (Lipinski definition) is 3. The summed E-state index contributed by atoms with van der Waals surface area (Å²) in [4.78, 5) is 11.4. The minimum Gasteiger partial charge on any atom is -0.341 e. The van der Waals surface area contributed by atoms with E-state index < -0.39 is 0 Å². The number of hydrogen-bond donors (Lipinski definition) is 1. The van der Waals surface area contributed by atoms with E-state index in [9.17, 15) is 5.26 Å². The van der Waals surface area contributed by atoms with Crippen LogP contribution in [0, 0.1) is 22.7 Å². The summed E-state index contributed by atoms with van der Waals surface area (Å²) in [6.45, 7) is 3.59. The number of benzene rings is 3. The third-order valence-electron chi connectivity index (χ3n) is 9.04. The maximum atomic E-state index is 9.32. The van der Waals surface area contributed by atoms with Gasteiger partial charge in [-0.05, 0) is 97.5 Å². The Morgan fingerprint density at radius 3 is 2.46 bits per heavy atom. The Kier molecular flexibility index (Phi) is 5.41. The largest absolute Gasteiger partial charge is 0.341 e. The smallest absolute Gasteiger partial charge is 0.118 e. The zero-order valence-electron chi connectivity index (χ0n) is 20.6. The number of rotatable bonds is 5. The molecule has 6 heteroatoms. The van der Waals surface area contributed by atoms with Crippen LogP contribution in [-0.4, -0.2) is 34.5 Å². The predicted octanol–water partition coefficient (Wildman–Crippen LogP) is 7.59. The molecule has 4 nitrogen and oxygen atoms in total. The first-order chi connectivity index (χ1) is 18.0. The Morgan fingerprint density at radius 1 is 0.973 bits per heavy atom. The van der Waals surface area contributed by atoms with Gasteiger partial charge in [0, 0.05) is 6.54 Å². The lowest BCUT2D eigenvalue weighted by molar-refractivity contribution is 0.155. The molecule has 2 saturated carbocycles. The molecule has 1 N–H and O–H groups in total. The Hall–Kier alpha value is -2.84. The average molecular weight is 527 g/mol. The number of aromatic amines is 1. The van der Waals surface area contributed by atoms with Gasteiger partial charge in [0.15, 0.2) is 0 Å². The molecule has 37 heavy (non-hydrogen) atoms. The maximum Gasteiger partial charge on any atom is 0.118 e. The SMILES string of the molecule is N#Cc1cccc(-c2ccc(C3(c4nc5cc(Cl)c(Cl)cc5[nH]4)CC34CCN(CC3CC3)CC4)cc2)c1. The molecule has 186 valence electrons. The number of aromatic nitrogens is 2. The fourth-order valence-corrected chi connectivity index (χ4v) is 7.02. The molecule has 3 aliphatic rings. The predicted molar refractivity (Wildman–Crippen MR) is 149 cm³/mol. The van der Waals surface area contributed by atoms with E-state index in [1.54, 1.807) is 0 Å². The molecule has 1 saturated heterocycles. The first kappa shape index (κ1) is 23.3. The molecular weight excluding hydrogens is 499 g/mol. The van der Waals surface area contributed by atoms with Gasteiger partial charge in [0.2, 0.25) is 0 Å². The van der Waals surface area contributed by atoms with Gasteiger partial charge in [0.05, 0.1) is 38.1 Å². The van der Waals surface area contributed by atoms with Crippen molar-refractivity contribution in [2.24, 2.45) is 11.3 Å². The number of nitrogens with zero attached hydrogens (tertiary/aromatic N) is 3. The van der Waals surface area contributed by atoms with Crippen molar-refractivity contribution in [2.75, 3.05) is 19.6 Å². The molecule has 0 radical (unpaired) electrons. The van der Waals surface area contributed by atoms with Crippen molar-refractivity contribution >= 4 is 34.2 Å². The standard InChI is InChI=1S/C31H28Cl2N4/c32-25-15-27-28(16-26(25)33)36-29(35-27)31(19-30(31)10-12-37(13-11-30)18-20-4-5-20)24-8-6-22(7-9-24)23-3-1-2-21(14-23)17-34/h1-3,6-9,14-16,20H,4-5,10-13,18-19H2,(H,35,36). The molecule has 0 amide bonds. The fraction of sp³-hybridized carbons (Fsp3) is 0.355. The van der Waals surface area contributed by atoms with Gasteiger partial charge in [0.1, 0.15) is 5.82 Å². The molecule has 3 aromatic carbocycles. The molecule has 1 aliphatic heterocycles. The van der Waals surface area contributed by atoms with Crippen molar-refractivity contribution in [3.05, 3.63) is 87.7 Å². The van der Waals surface area contributed by atoms with Crippen molar-refractivity contribution in [3.8, 4) is 17.2 Å². The monoisotopic (exact) mass is 526 g/mol. The van der Waals surface area contributed by atoms with Crippen LogP contribution in [0.3, 0.4) is 0 Å². The summed E-state index contributed by atoms with van der Waals surface area (Å²) in [7, 11) is 0. The summed E-state index contributed by atoms with van der Waals surface area (Å²) in [5, 5.41) is 10.4. The van der Waals surface area contributed by atoms with Gasteiger partial charge in [-0.15, -0.1) is 0 Å². The van der Waals surface area contributed by atoms with Crippen LogP contribution in [0.2, 0.25) is 10.0 Å². The third kappa shape index (κ3) is 3.87. The second kappa shape index (κ2) is 8.60. The van der Waals surface area contributed by atoms with Gasteiger partial charge in [-0.25, -0.2) is 4.98 Å². The average Bonchev–Trinajstić information content (AvgIpc) is 3.82. The van der Waals surface area contributed by atoms with E-state index in [4.69, 9.17) is 28.2 Å². The zero-order chi connectivity index (χ0) is 25.2. The van der Waals surface area contributed by atoms with Gasteiger partial charge in [-0.3, -0.25) is 0 Å². The van der Waals surface area contributed by atoms with E-state index in [0.29, 0.717) is 15.6 Å². The van der Waals surface area contributed by atoms with Crippen LogP contribution in [0.5, 0.6) is 0 Å². The van der Waals surface area contributed by atoms with Crippen molar-refractivity contribution < 1.29 is 0 Å². The van der Waals surface area contributed by atoms with Crippen LogP contribution in [-0.2, 0) is 5.41 Å². The van der Waals surface area contributed by atoms with Crippen molar-refractivity contribution in [1.29, 1.82) is 5.26 Å². The van der Waals surface area contributed by atoms with Gasteiger partial charge in [-0.1, -0.05) is 59.6 Å². The molecule has 1 atom stereocenters. The number of nitrogens with one attached hydrogen (secondary N) is 1. The van der Waals surface area contributed by atoms with Crippen LogP contribution in [0.25, 0.3) is 22.2 Å². The number of halogens is 2. The summed E-state index contributed by atoms with van der Waals surface area (Å²) in [5.74, 6) is 1.95. The zero-order valence-corrected chi connectivity index (χ0v) is 22.1. The summed E-state index contributed by atoms with van der Waals surface area (Å²) in [5.41, 5.74) is 6.01. The first-order valence-electron chi connectivity index (χ1n) is 13.2. The third-order valence-corrected chi connectivity index (χ3v) is 9.76. The second-order valence-electron chi connectivity index (χ2n) is 11.2. The lowest BCUT2D eigenvalue weighted by Crippen LogP contribution is -2.39.